The summed E-state index contributed by atoms with van der Waals surface area (Å²) in [4.78, 5) is 0. The Balaban J connectivity index is 2.21. The molecular weight excluding hydrogens is 226 g/mol. The van der Waals surface area contributed by atoms with Crippen LogP contribution in [0.25, 0.3) is 0 Å². The number of halogens is 4. The molecule has 16 heavy (non-hydrogen) atoms. The van der Waals surface area contributed by atoms with Crippen LogP contribution in [-0.4, -0.2) is 19.2 Å². The van der Waals surface area contributed by atoms with Gasteiger partial charge in [0.15, 0.2) is 11.6 Å². The number of ether oxygens (including phenoxy) is 1. The minimum absolute atomic E-state index is 0.252. The van der Waals surface area contributed by atoms with E-state index in [0.717, 1.165) is 6.07 Å². The first-order valence-electron chi connectivity index (χ1n) is 4.71. The Labute approximate surface area is 89.2 Å². The maximum absolute atomic E-state index is 13.2. The van der Waals surface area contributed by atoms with Crippen LogP contribution in [0, 0.1) is 5.82 Å². The molecule has 1 heterocycles. The second kappa shape index (κ2) is 3.93. The molecule has 0 amide bonds. The smallest absolute Gasteiger partial charge is 0.416 e. The van der Waals surface area contributed by atoms with E-state index < -0.39 is 17.6 Å². The molecule has 0 atom stereocenters. The topological polar surface area (TPSA) is 21.3 Å². The van der Waals surface area contributed by atoms with E-state index in [-0.39, 0.29) is 11.9 Å². The van der Waals surface area contributed by atoms with Crippen LogP contribution in [0.3, 0.4) is 0 Å². The Morgan fingerprint density at radius 3 is 2.44 bits per heavy atom. The Morgan fingerprint density at radius 1 is 1.25 bits per heavy atom. The Kier molecular flexibility index (Phi) is 2.75. The Bertz CT molecular complexity index is 387. The van der Waals surface area contributed by atoms with Gasteiger partial charge in [0.2, 0.25) is 0 Å². The zero-order chi connectivity index (χ0) is 11.8. The van der Waals surface area contributed by atoms with Gasteiger partial charge in [-0.2, -0.15) is 13.2 Å². The fourth-order valence-electron chi connectivity index (χ4n) is 1.30. The summed E-state index contributed by atoms with van der Waals surface area (Å²) in [5, 5.41) is 2.88. The lowest BCUT2D eigenvalue weighted by Gasteiger charge is -2.28. The van der Waals surface area contributed by atoms with Crippen LogP contribution in [0.5, 0.6) is 5.75 Å². The minimum Gasteiger partial charge on any atom is -0.485 e. The molecule has 1 saturated heterocycles. The largest absolute Gasteiger partial charge is 0.485 e. The van der Waals surface area contributed by atoms with Crippen LogP contribution in [0.1, 0.15) is 5.56 Å². The highest BCUT2D eigenvalue weighted by atomic mass is 19.4. The number of hydrogen-bond acceptors (Lipinski definition) is 2. The van der Waals surface area contributed by atoms with Crippen LogP contribution in [-0.2, 0) is 6.18 Å². The van der Waals surface area contributed by atoms with Gasteiger partial charge in [-0.25, -0.2) is 4.39 Å². The summed E-state index contributed by atoms with van der Waals surface area (Å²) in [6.07, 6.45) is -4.73. The average molecular weight is 235 g/mol. The van der Waals surface area contributed by atoms with Gasteiger partial charge in [0.05, 0.1) is 5.56 Å². The lowest BCUT2D eigenvalue weighted by Crippen LogP contribution is -2.50. The highest BCUT2D eigenvalue weighted by Crippen LogP contribution is 2.33. The monoisotopic (exact) mass is 235 g/mol. The molecule has 1 aliphatic heterocycles. The molecule has 1 aromatic rings. The summed E-state index contributed by atoms with van der Waals surface area (Å²) in [6.45, 7) is 1.05. The van der Waals surface area contributed by atoms with Crippen molar-refractivity contribution in [3.8, 4) is 5.75 Å². The van der Waals surface area contributed by atoms with Crippen molar-refractivity contribution in [2.45, 2.75) is 12.3 Å². The molecule has 0 saturated carbocycles. The number of benzene rings is 1. The van der Waals surface area contributed by atoms with Gasteiger partial charge in [-0.1, -0.05) is 0 Å². The van der Waals surface area contributed by atoms with Crippen molar-refractivity contribution in [2.24, 2.45) is 0 Å². The van der Waals surface area contributed by atoms with Crippen molar-refractivity contribution in [3.05, 3.63) is 29.6 Å². The number of alkyl halides is 3. The summed E-state index contributed by atoms with van der Waals surface area (Å²) in [6, 6.07) is 2.15. The van der Waals surface area contributed by atoms with Crippen LogP contribution >= 0.6 is 0 Å². The van der Waals surface area contributed by atoms with Gasteiger partial charge < -0.3 is 10.1 Å². The molecule has 0 bridgehead atoms. The first kappa shape index (κ1) is 11.2. The summed E-state index contributed by atoms with van der Waals surface area (Å²) in [5.41, 5.74) is -0.906. The van der Waals surface area contributed by atoms with Gasteiger partial charge in [0.1, 0.15) is 6.10 Å². The van der Waals surface area contributed by atoms with Crippen molar-refractivity contribution < 1.29 is 22.3 Å². The van der Waals surface area contributed by atoms with Crippen LogP contribution in [0.4, 0.5) is 17.6 Å². The van der Waals surface area contributed by atoms with Gasteiger partial charge in [0, 0.05) is 13.1 Å². The van der Waals surface area contributed by atoms with Crippen LogP contribution < -0.4 is 10.1 Å². The van der Waals surface area contributed by atoms with Crippen molar-refractivity contribution in [3.63, 3.8) is 0 Å². The fraction of sp³-hybridized carbons (Fsp3) is 0.400. The first-order chi connectivity index (χ1) is 7.47. The summed E-state index contributed by atoms with van der Waals surface area (Å²) in [5.74, 6) is -1.12. The maximum atomic E-state index is 13.2. The second-order valence-corrected chi connectivity index (χ2v) is 3.54. The second-order valence-electron chi connectivity index (χ2n) is 3.54. The molecule has 2 nitrogen and oxygen atoms in total. The van der Waals surface area contributed by atoms with Crippen LogP contribution in [0.2, 0.25) is 0 Å². The van der Waals surface area contributed by atoms with E-state index in [9.17, 15) is 17.6 Å². The molecule has 6 heteroatoms. The van der Waals surface area contributed by atoms with E-state index in [1.54, 1.807) is 0 Å². The van der Waals surface area contributed by atoms with Crippen LogP contribution in [0.15, 0.2) is 18.2 Å². The predicted octanol–water partition coefficient (Wildman–Crippen LogP) is 2.20. The van der Waals surface area contributed by atoms with Crippen molar-refractivity contribution in [2.75, 3.05) is 13.1 Å². The zero-order valence-electron chi connectivity index (χ0n) is 8.14. The van der Waals surface area contributed by atoms with E-state index in [4.69, 9.17) is 4.74 Å². The van der Waals surface area contributed by atoms with Gasteiger partial charge in [-0.3, -0.25) is 0 Å². The van der Waals surface area contributed by atoms with Crippen molar-refractivity contribution >= 4 is 0 Å². The third-order valence-corrected chi connectivity index (χ3v) is 2.30. The molecule has 0 radical (unpaired) electrons. The Morgan fingerprint density at radius 2 is 1.94 bits per heavy atom. The third-order valence-electron chi connectivity index (χ3n) is 2.30. The molecule has 0 unspecified atom stereocenters. The number of nitrogens with one attached hydrogen (secondary N) is 1. The summed E-state index contributed by atoms with van der Waals surface area (Å²) < 4.78 is 55.3. The minimum atomic E-state index is -4.48. The van der Waals surface area contributed by atoms with E-state index >= 15 is 0 Å². The highest BCUT2D eigenvalue weighted by molar-refractivity contribution is 5.32. The van der Waals surface area contributed by atoms with Crippen molar-refractivity contribution in [1.82, 2.24) is 5.32 Å². The fourth-order valence-corrected chi connectivity index (χ4v) is 1.30. The molecule has 1 aliphatic rings. The standard InChI is InChI=1S/C10H9F4NO/c11-8-2-1-6(10(12,13)14)3-9(8)16-7-4-15-5-7/h1-3,7,15H,4-5H2. The van der Waals surface area contributed by atoms with Gasteiger partial charge >= 0.3 is 6.18 Å². The van der Waals surface area contributed by atoms with E-state index in [0.29, 0.717) is 25.2 Å². The molecule has 1 fully saturated rings. The molecular formula is C10H9F4NO. The van der Waals surface area contributed by atoms with E-state index in [2.05, 4.69) is 5.32 Å². The summed E-state index contributed by atoms with van der Waals surface area (Å²) in [7, 11) is 0. The lowest BCUT2D eigenvalue weighted by molar-refractivity contribution is -0.137. The highest BCUT2D eigenvalue weighted by Gasteiger charge is 2.32. The van der Waals surface area contributed by atoms with Gasteiger partial charge in [-0.05, 0) is 18.2 Å². The lowest BCUT2D eigenvalue weighted by atomic mass is 10.2. The number of hydrogen-bond donors (Lipinski definition) is 1. The molecule has 88 valence electrons. The Hall–Kier alpha value is -1.30. The quantitative estimate of drug-likeness (QED) is 0.793. The van der Waals surface area contributed by atoms with E-state index in [1.165, 1.54) is 0 Å². The molecule has 2 rings (SSSR count). The third kappa shape index (κ3) is 2.27. The normalized spacial score (nSPS) is 17.0. The molecule has 1 aromatic carbocycles. The molecule has 0 aliphatic carbocycles. The molecule has 0 aromatic heterocycles. The molecule has 0 spiro atoms. The van der Waals surface area contributed by atoms with Gasteiger partial charge in [0.25, 0.3) is 0 Å². The molecule has 1 N–H and O–H groups in total. The number of rotatable bonds is 2. The average Bonchev–Trinajstić information content (AvgIpc) is 2.11. The summed E-state index contributed by atoms with van der Waals surface area (Å²) >= 11 is 0. The van der Waals surface area contributed by atoms with Crippen molar-refractivity contribution in [1.29, 1.82) is 0 Å². The first-order valence-corrected chi connectivity index (χ1v) is 4.71. The maximum Gasteiger partial charge on any atom is 0.416 e. The van der Waals surface area contributed by atoms with Gasteiger partial charge in [-0.15, -0.1) is 0 Å². The van der Waals surface area contributed by atoms with E-state index in [1.807, 2.05) is 0 Å². The zero-order valence-corrected chi connectivity index (χ0v) is 8.14. The predicted molar refractivity (Wildman–Crippen MR) is 48.7 cm³/mol. The SMILES string of the molecule is Fc1ccc(C(F)(F)F)cc1OC1CNC1.